The van der Waals surface area contributed by atoms with Gasteiger partial charge in [0.05, 0.1) is 16.2 Å². The van der Waals surface area contributed by atoms with Crippen LogP contribution in [0.4, 0.5) is 0 Å². The van der Waals surface area contributed by atoms with Crippen molar-refractivity contribution >= 4 is 15.9 Å². The van der Waals surface area contributed by atoms with E-state index in [1.807, 2.05) is 14.0 Å². The van der Waals surface area contributed by atoms with Crippen molar-refractivity contribution in [2.75, 3.05) is 7.05 Å². The van der Waals surface area contributed by atoms with Gasteiger partial charge in [0.2, 0.25) is 0 Å². The minimum Gasteiger partial charge on any atom is -0.308 e. The third-order valence-electron chi connectivity index (χ3n) is 1.75. The molecule has 0 saturated heterocycles. The second kappa shape index (κ2) is 4.48. The quantitative estimate of drug-likeness (QED) is 0.824. The number of nitrogens with zero attached hydrogens (tertiary/aromatic N) is 2. The van der Waals surface area contributed by atoms with Gasteiger partial charge in [0.25, 0.3) is 0 Å². The molecular formula is C9H12BrN3. The van der Waals surface area contributed by atoms with Gasteiger partial charge in [0.1, 0.15) is 6.33 Å². The highest BCUT2D eigenvalue weighted by atomic mass is 79.9. The van der Waals surface area contributed by atoms with Gasteiger partial charge in [0.15, 0.2) is 0 Å². The van der Waals surface area contributed by atoms with Crippen LogP contribution in [0.1, 0.15) is 18.7 Å². The van der Waals surface area contributed by atoms with E-state index in [1.165, 1.54) is 6.33 Å². The van der Waals surface area contributed by atoms with E-state index in [1.54, 1.807) is 6.20 Å². The van der Waals surface area contributed by atoms with Crippen LogP contribution < -0.4 is 5.32 Å². The fourth-order valence-electron chi connectivity index (χ4n) is 1.15. The van der Waals surface area contributed by atoms with Crippen LogP contribution in [0, 0.1) is 0 Å². The van der Waals surface area contributed by atoms with Crippen LogP contribution in [-0.4, -0.2) is 17.0 Å². The van der Waals surface area contributed by atoms with Crippen molar-refractivity contribution in [2.24, 2.45) is 0 Å². The van der Waals surface area contributed by atoms with Gasteiger partial charge in [0, 0.05) is 6.20 Å². The smallest absolute Gasteiger partial charge is 0.115 e. The van der Waals surface area contributed by atoms with Gasteiger partial charge < -0.3 is 5.32 Å². The van der Waals surface area contributed by atoms with Gasteiger partial charge in [-0.2, -0.15) is 0 Å². The van der Waals surface area contributed by atoms with Gasteiger partial charge in [-0.3, -0.25) is 0 Å². The van der Waals surface area contributed by atoms with E-state index in [-0.39, 0.29) is 6.04 Å². The van der Waals surface area contributed by atoms with Gasteiger partial charge in [-0.1, -0.05) is 12.2 Å². The van der Waals surface area contributed by atoms with Crippen LogP contribution in [0.3, 0.4) is 0 Å². The molecule has 0 spiro atoms. The average molecular weight is 242 g/mol. The highest BCUT2D eigenvalue weighted by Crippen LogP contribution is 2.23. The summed E-state index contributed by atoms with van der Waals surface area (Å²) in [5.41, 5.74) is 1.95. The molecule has 0 aromatic carbocycles. The molecule has 0 saturated carbocycles. The minimum absolute atomic E-state index is 0.0809. The van der Waals surface area contributed by atoms with Crippen molar-refractivity contribution in [1.82, 2.24) is 15.3 Å². The largest absolute Gasteiger partial charge is 0.308 e. The van der Waals surface area contributed by atoms with Crippen LogP contribution in [0.2, 0.25) is 0 Å². The van der Waals surface area contributed by atoms with E-state index in [9.17, 15) is 0 Å². The summed E-state index contributed by atoms with van der Waals surface area (Å²) in [6.45, 7) is 5.87. The Morgan fingerprint density at radius 1 is 1.69 bits per heavy atom. The van der Waals surface area contributed by atoms with Crippen LogP contribution in [0.5, 0.6) is 0 Å². The minimum atomic E-state index is 0.0809. The molecule has 1 rings (SSSR count). The Balaban J connectivity index is 3.04. The summed E-state index contributed by atoms with van der Waals surface area (Å²) < 4.78 is 0.900. The average Bonchev–Trinajstić information content (AvgIpc) is 2.09. The number of hydrogen-bond acceptors (Lipinski definition) is 3. The Morgan fingerprint density at radius 3 is 2.85 bits per heavy atom. The standard InChI is InChI=1S/C9H12BrN3/c1-6(2)8(11-3)9-7(10)4-12-5-13-9/h4-5,8,11H,1H2,2-3H3. The number of halogens is 1. The maximum atomic E-state index is 4.19. The molecule has 4 heteroatoms. The lowest BCUT2D eigenvalue weighted by Crippen LogP contribution is -2.18. The van der Waals surface area contributed by atoms with Gasteiger partial charge in [-0.15, -0.1) is 0 Å². The molecule has 1 heterocycles. The summed E-state index contributed by atoms with van der Waals surface area (Å²) in [6, 6.07) is 0.0809. The Morgan fingerprint density at radius 2 is 2.38 bits per heavy atom. The Bertz CT molecular complexity index is 311. The predicted molar refractivity (Wildman–Crippen MR) is 56.3 cm³/mol. The van der Waals surface area contributed by atoms with Crippen molar-refractivity contribution in [1.29, 1.82) is 0 Å². The third kappa shape index (κ3) is 2.35. The summed E-state index contributed by atoms with van der Waals surface area (Å²) in [5, 5.41) is 3.14. The molecule has 0 aliphatic heterocycles. The summed E-state index contributed by atoms with van der Waals surface area (Å²) in [5.74, 6) is 0. The lowest BCUT2D eigenvalue weighted by atomic mass is 10.1. The van der Waals surface area contributed by atoms with E-state index in [0.717, 1.165) is 15.7 Å². The van der Waals surface area contributed by atoms with Crippen LogP contribution in [-0.2, 0) is 0 Å². The fourth-order valence-corrected chi connectivity index (χ4v) is 1.60. The first-order valence-corrected chi connectivity index (χ1v) is 4.74. The molecular weight excluding hydrogens is 230 g/mol. The Hall–Kier alpha value is -0.740. The van der Waals surface area contributed by atoms with Crippen molar-refractivity contribution < 1.29 is 0 Å². The van der Waals surface area contributed by atoms with Crippen LogP contribution >= 0.6 is 15.9 Å². The van der Waals surface area contributed by atoms with Crippen molar-refractivity contribution in [2.45, 2.75) is 13.0 Å². The highest BCUT2D eigenvalue weighted by Gasteiger charge is 2.13. The van der Waals surface area contributed by atoms with Crippen LogP contribution in [0.15, 0.2) is 29.1 Å². The number of nitrogens with one attached hydrogen (secondary N) is 1. The van der Waals surface area contributed by atoms with E-state index in [4.69, 9.17) is 0 Å². The van der Waals surface area contributed by atoms with Crippen molar-refractivity contribution in [3.8, 4) is 0 Å². The van der Waals surface area contributed by atoms with Crippen LogP contribution in [0.25, 0.3) is 0 Å². The molecule has 0 aliphatic carbocycles. The Labute approximate surface area is 86.4 Å². The molecule has 1 unspecified atom stereocenters. The first-order valence-electron chi connectivity index (χ1n) is 3.95. The normalized spacial score (nSPS) is 12.5. The summed E-state index contributed by atoms with van der Waals surface area (Å²) in [4.78, 5) is 8.09. The van der Waals surface area contributed by atoms with Crippen molar-refractivity contribution in [3.05, 3.63) is 34.8 Å². The van der Waals surface area contributed by atoms with E-state index >= 15 is 0 Å². The van der Waals surface area contributed by atoms with Gasteiger partial charge in [-0.25, -0.2) is 9.97 Å². The van der Waals surface area contributed by atoms with Crippen molar-refractivity contribution in [3.63, 3.8) is 0 Å². The maximum absolute atomic E-state index is 4.19. The monoisotopic (exact) mass is 241 g/mol. The van der Waals surface area contributed by atoms with E-state index in [2.05, 4.69) is 37.8 Å². The molecule has 1 aromatic rings. The zero-order valence-electron chi connectivity index (χ0n) is 7.71. The SMILES string of the molecule is C=C(C)C(NC)c1ncncc1Br. The second-order valence-electron chi connectivity index (χ2n) is 2.82. The summed E-state index contributed by atoms with van der Waals surface area (Å²) in [7, 11) is 1.88. The number of likely N-dealkylation sites (N-methyl/N-ethyl adjacent to an activating group) is 1. The molecule has 1 N–H and O–H groups in total. The molecule has 13 heavy (non-hydrogen) atoms. The van der Waals surface area contributed by atoms with E-state index < -0.39 is 0 Å². The molecule has 0 radical (unpaired) electrons. The first kappa shape index (κ1) is 10.3. The molecule has 3 nitrogen and oxygen atoms in total. The van der Waals surface area contributed by atoms with Gasteiger partial charge in [-0.05, 0) is 29.9 Å². The van der Waals surface area contributed by atoms with Gasteiger partial charge >= 0.3 is 0 Å². The first-order chi connectivity index (χ1) is 6.16. The molecule has 0 amide bonds. The fraction of sp³-hybridized carbons (Fsp3) is 0.333. The lowest BCUT2D eigenvalue weighted by molar-refractivity contribution is 0.653. The zero-order valence-corrected chi connectivity index (χ0v) is 9.30. The molecule has 0 bridgehead atoms. The molecule has 1 atom stereocenters. The highest BCUT2D eigenvalue weighted by molar-refractivity contribution is 9.10. The molecule has 1 aromatic heterocycles. The zero-order chi connectivity index (χ0) is 9.84. The third-order valence-corrected chi connectivity index (χ3v) is 2.36. The molecule has 0 fully saturated rings. The number of hydrogen-bond donors (Lipinski definition) is 1. The Kier molecular flexibility index (Phi) is 3.57. The second-order valence-corrected chi connectivity index (χ2v) is 3.68. The number of rotatable bonds is 3. The summed E-state index contributed by atoms with van der Waals surface area (Å²) >= 11 is 3.40. The molecule has 0 aliphatic rings. The maximum Gasteiger partial charge on any atom is 0.115 e. The van der Waals surface area contributed by atoms with E-state index in [0.29, 0.717) is 0 Å². The lowest BCUT2D eigenvalue weighted by Gasteiger charge is -2.16. The number of aromatic nitrogens is 2. The molecule has 70 valence electrons. The topological polar surface area (TPSA) is 37.8 Å². The summed E-state index contributed by atoms with van der Waals surface area (Å²) in [6.07, 6.45) is 3.27. The predicted octanol–water partition coefficient (Wildman–Crippen LogP) is 2.08.